The lowest BCUT2D eigenvalue weighted by molar-refractivity contribution is 0.200. The van der Waals surface area contributed by atoms with Crippen LogP contribution in [0.1, 0.15) is 50.7 Å². The number of hydrogen-bond donors (Lipinski definition) is 0. The van der Waals surface area contributed by atoms with Crippen molar-refractivity contribution < 1.29 is 4.42 Å². The van der Waals surface area contributed by atoms with Gasteiger partial charge in [-0.2, -0.15) is 10.5 Å². The zero-order valence-corrected chi connectivity index (χ0v) is 14.9. The summed E-state index contributed by atoms with van der Waals surface area (Å²) in [4.78, 5) is 8.99. The Balaban J connectivity index is 1.81. The van der Waals surface area contributed by atoms with E-state index in [9.17, 15) is 5.26 Å². The highest BCUT2D eigenvalue weighted by molar-refractivity contribution is 4.99. The molecule has 0 aromatic carbocycles. The third-order valence-corrected chi connectivity index (χ3v) is 4.66. The van der Waals surface area contributed by atoms with Gasteiger partial charge in [-0.1, -0.05) is 13.8 Å². The fourth-order valence-corrected chi connectivity index (χ4v) is 3.09. The maximum absolute atomic E-state index is 9.21. The molecule has 0 spiro atoms. The molecule has 0 saturated carbocycles. The van der Waals surface area contributed by atoms with Crippen molar-refractivity contribution >= 4 is 0 Å². The molecule has 0 aliphatic carbocycles. The van der Waals surface area contributed by atoms with Crippen LogP contribution in [0.5, 0.6) is 0 Å². The minimum Gasteiger partial charge on any atom is -0.444 e. The second-order valence-corrected chi connectivity index (χ2v) is 6.95. The molecule has 0 radical (unpaired) electrons. The molecule has 1 aliphatic heterocycles. The highest BCUT2D eigenvalue weighted by atomic mass is 16.4. The van der Waals surface area contributed by atoms with Crippen molar-refractivity contribution in [3.05, 3.63) is 17.8 Å². The second-order valence-electron chi connectivity index (χ2n) is 6.95. The van der Waals surface area contributed by atoms with Crippen LogP contribution in [0.15, 0.2) is 10.6 Å². The van der Waals surface area contributed by atoms with E-state index in [1.54, 1.807) is 0 Å². The molecule has 1 fully saturated rings. The van der Waals surface area contributed by atoms with Crippen molar-refractivity contribution in [3.8, 4) is 12.1 Å². The van der Waals surface area contributed by atoms with Gasteiger partial charge in [0, 0.05) is 31.5 Å². The summed E-state index contributed by atoms with van der Waals surface area (Å²) in [7, 11) is 2.10. The Morgan fingerprint density at radius 3 is 2.88 bits per heavy atom. The minimum absolute atomic E-state index is 0.0472. The lowest BCUT2D eigenvalue weighted by Crippen LogP contribution is -2.35. The highest BCUT2D eigenvalue weighted by Gasteiger charge is 2.28. The van der Waals surface area contributed by atoms with Gasteiger partial charge in [0.05, 0.1) is 30.8 Å². The number of likely N-dealkylation sites (N-methyl/N-ethyl adjacent to an activating group) is 1. The van der Waals surface area contributed by atoms with Crippen LogP contribution in [0.4, 0.5) is 0 Å². The van der Waals surface area contributed by atoms with E-state index < -0.39 is 0 Å². The zero-order valence-electron chi connectivity index (χ0n) is 14.9. The minimum atomic E-state index is -0.0472. The van der Waals surface area contributed by atoms with Gasteiger partial charge in [-0.3, -0.25) is 4.90 Å². The standard InChI is InChI=1S/C18H27N5O/c1-14(2)17-10-21-18(24-17)13-22(3)16-6-8-23(12-16)11-15(9-20)5-4-7-19/h10,14-16H,4-6,8,11-13H2,1-3H3/t15-,16-/m0/s1. The molecule has 0 bridgehead atoms. The van der Waals surface area contributed by atoms with Crippen molar-refractivity contribution in [2.45, 2.75) is 51.6 Å². The lowest BCUT2D eigenvalue weighted by Gasteiger charge is -2.24. The summed E-state index contributed by atoms with van der Waals surface area (Å²) in [6.45, 7) is 7.63. The van der Waals surface area contributed by atoms with Gasteiger partial charge in [0.1, 0.15) is 5.76 Å². The highest BCUT2D eigenvalue weighted by Crippen LogP contribution is 2.20. The Bertz CT molecular complexity index is 597. The molecule has 2 heterocycles. The summed E-state index contributed by atoms with van der Waals surface area (Å²) < 4.78 is 5.79. The molecule has 1 aromatic heterocycles. The average molecular weight is 329 g/mol. The molecule has 2 atom stereocenters. The Hall–Kier alpha value is -1.89. The molecule has 6 nitrogen and oxygen atoms in total. The molecule has 130 valence electrons. The molecule has 1 aliphatic rings. The van der Waals surface area contributed by atoms with E-state index in [0.29, 0.717) is 31.3 Å². The Labute approximate surface area is 144 Å². The van der Waals surface area contributed by atoms with Crippen molar-refractivity contribution in [2.24, 2.45) is 5.92 Å². The van der Waals surface area contributed by atoms with Gasteiger partial charge in [0.15, 0.2) is 0 Å². The summed E-state index contributed by atoms with van der Waals surface area (Å²) in [6.07, 6.45) is 4.03. The van der Waals surface area contributed by atoms with Crippen LogP contribution in [0.25, 0.3) is 0 Å². The van der Waals surface area contributed by atoms with Gasteiger partial charge < -0.3 is 9.32 Å². The predicted octanol–water partition coefficient (Wildman–Crippen LogP) is 2.75. The van der Waals surface area contributed by atoms with E-state index in [1.807, 2.05) is 6.20 Å². The molecule has 24 heavy (non-hydrogen) atoms. The summed E-state index contributed by atoms with van der Waals surface area (Å²) >= 11 is 0. The molecule has 1 saturated heterocycles. The van der Waals surface area contributed by atoms with E-state index in [2.05, 4.69) is 47.8 Å². The van der Waals surface area contributed by atoms with Crippen molar-refractivity contribution in [1.82, 2.24) is 14.8 Å². The van der Waals surface area contributed by atoms with E-state index in [-0.39, 0.29) is 5.92 Å². The Morgan fingerprint density at radius 1 is 1.46 bits per heavy atom. The van der Waals surface area contributed by atoms with E-state index in [1.165, 1.54) is 0 Å². The maximum atomic E-state index is 9.21. The smallest absolute Gasteiger partial charge is 0.208 e. The van der Waals surface area contributed by atoms with Gasteiger partial charge in [-0.15, -0.1) is 0 Å². The number of hydrogen-bond acceptors (Lipinski definition) is 6. The number of oxazole rings is 1. The van der Waals surface area contributed by atoms with Crippen molar-refractivity contribution in [3.63, 3.8) is 0 Å². The zero-order chi connectivity index (χ0) is 17.5. The van der Waals surface area contributed by atoms with E-state index in [0.717, 1.165) is 37.7 Å². The predicted molar refractivity (Wildman–Crippen MR) is 90.9 cm³/mol. The lowest BCUT2D eigenvalue weighted by atomic mass is 10.1. The molecular formula is C18H27N5O. The Morgan fingerprint density at radius 2 is 2.25 bits per heavy atom. The number of aromatic nitrogens is 1. The van der Waals surface area contributed by atoms with Crippen molar-refractivity contribution in [2.75, 3.05) is 26.7 Å². The largest absolute Gasteiger partial charge is 0.444 e. The number of likely N-dealkylation sites (tertiary alicyclic amines) is 1. The fraction of sp³-hybridized carbons (Fsp3) is 0.722. The number of nitrogens with zero attached hydrogens (tertiary/aromatic N) is 5. The normalized spacial score (nSPS) is 19.5. The molecule has 6 heteroatoms. The topological polar surface area (TPSA) is 80.1 Å². The summed E-state index contributed by atoms with van der Waals surface area (Å²) in [5.74, 6) is 2.01. The quantitative estimate of drug-likeness (QED) is 0.729. The monoisotopic (exact) mass is 329 g/mol. The van der Waals surface area contributed by atoms with Crippen LogP contribution in [0.2, 0.25) is 0 Å². The molecule has 0 N–H and O–H groups in total. The van der Waals surface area contributed by atoms with Gasteiger partial charge >= 0.3 is 0 Å². The molecule has 0 unspecified atom stereocenters. The maximum Gasteiger partial charge on any atom is 0.208 e. The van der Waals surface area contributed by atoms with Crippen LogP contribution >= 0.6 is 0 Å². The number of nitriles is 2. The average Bonchev–Trinajstić information content (AvgIpc) is 3.20. The molecular weight excluding hydrogens is 302 g/mol. The molecule has 2 rings (SSSR count). The summed E-state index contributed by atoms with van der Waals surface area (Å²) in [6, 6.07) is 4.91. The van der Waals surface area contributed by atoms with E-state index in [4.69, 9.17) is 9.68 Å². The first kappa shape index (κ1) is 18.4. The van der Waals surface area contributed by atoms with E-state index >= 15 is 0 Å². The van der Waals surface area contributed by atoms with Crippen LogP contribution < -0.4 is 0 Å². The SMILES string of the molecule is CC(C)c1cnc(CN(C)[C@H]2CCN(C[C@H](C#N)CCC#N)C2)o1. The van der Waals surface area contributed by atoms with Gasteiger partial charge in [-0.25, -0.2) is 4.98 Å². The Kier molecular flexibility index (Phi) is 6.78. The van der Waals surface area contributed by atoms with Crippen LogP contribution in [0.3, 0.4) is 0 Å². The van der Waals surface area contributed by atoms with Gasteiger partial charge in [0.2, 0.25) is 5.89 Å². The molecule has 0 amide bonds. The third kappa shape index (κ3) is 5.06. The van der Waals surface area contributed by atoms with Crippen LogP contribution in [-0.2, 0) is 6.54 Å². The molecule has 1 aromatic rings. The number of rotatable bonds is 8. The third-order valence-electron chi connectivity index (χ3n) is 4.66. The van der Waals surface area contributed by atoms with Crippen LogP contribution in [-0.4, -0.2) is 47.5 Å². The van der Waals surface area contributed by atoms with Gasteiger partial charge in [-0.05, 0) is 26.4 Å². The first-order valence-electron chi connectivity index (χ1n) is 8.67. The summed E-state index contributed by atoms with van der Waals surface area (Å²) in [5, 5.41) is 17.9. The van der Waals surface area contributed by atoms with Crippen LogP contribution in [0, 0.1) is 28.6 Å². The second kappa shape index (κ2) is 8.82. The first-order valence-corrected chi connectivity index (χ1v) is 8.67. The summed E-state index contributed by atoms with van der Waals surface area (Å²) in [5.41, 5.74) is 0. The van der Waals surface area contributed by atoms with Gasteiger partial charge in [0.25, 0.3) is 0 Å². The van der Waals surface area contributed by atoms with Crippen molar-refractivity contribution in [1.29, 1.82) is 10.5 Å². The fourth-order valence-electron chi connectivity index (χ4n) is 3.09. The first-order chi connectivity index (χ1) is 11.5.